The van der Waals surface area contributed by atoms with Crippen LogP contribution in [0.25, 0.3) is 0 Å². The summed E-state index contributed by atoms with van der Waals surface area (Å²) >= 11 is -5.45. The number of phenols is 1. The Kier molecular flexibility index (Phi) is 4.36. The van der Waals surface area contributed by atoms with Gasteiger partial charge in [0.15, 0.2) is 0 Å². The second-order valence-corrected chi connectivity index (χ2v) is 5.82. The van der Waals surface area contributed by atoms with Crippen LogP contribution < -0.4 is 5.73 Å². The molecule has 0 spiro atoms. The molecule has 0 aliphatic carbocycles. The van der Waals surface area contributed by atoms with Crippen molar-refractivity contribution in [2.45, 2.75) is 12.5 Å². The number of carbonyl (C=O) groups excluding carboxylic acids is 1. The fourth-order valence-corrected chi connectivity index (χ4v) is 1.93. The van der Waals surface area contributed by atoms with Crippen molar-refractivity contribution in [2.75, 3.05) is 0 Å². The van der Waals surface area contributed by atoms with E-state index in [0.29, 0.717) is 5.56 Å². The molecule has 1 aromatic carbocycles. The van der Waals surface area contributed by atoms with Gasteiger partial charge in [-0.15, -0.1) is 0 Å². The van der Waals surface area contributed by atoms with Gasteiger partial charge in [-0.1, -0.05) is 0 Å². The molecule has 0 bridgehead atoms. The Morgan fingerprint density at radius 1 is 1.35 bits per heavy atom. The van der Waals surface area contributed by atoms with Crippen molar-refractivity contribution >= 4 is 20.5 Å². The SMILES string of the molecule is N[C@@H](Cc1ccc(O)cc1)C(=O)O[As](=O)(O)O. The van der Waals surface area contributed by atoms with Crippen LogP contribution in [0.4, 0.5) is 0 Å². The van der Waals surface area contributed by atoms with Gasteiger partial charge in [0.05, 0.1) is 0 Å². The van der Waals surface area contributed by atoms with Gasteiger partial charge >= 0.3 is 99.8 Å². The van der Waals surface area contributed by atoms with Crippen LogP contribution in [-0.4, -0.2) is 39.8 Å². The molecule has 7 nitrogen and oxygen atoms in total. The van der Waals surface area contributed by atoms with Gasteiger partial charge in [-0.05, 0) is 0 Å². The summed E-state index contributed by atoms with van der Waals surface area (Å²) in [7, 11) is 0. The molecule has 94 valence electrons. The summed E-state index contributed by atoms with van der Waals surface area (Å²) in [5, 5.41) is 9.03. The van der Waals surface area contributed by atoms with Gasteiger partial charge in [-0.2, -0.15) is 0 Å². The third-order valence-corrected chi connectivity index (χ3v) is 2.78. The van der Waals surface area contributed by atoms with Crippen LogP contribution >= 0.6 is 0 Å². The second-order valence-electron chi connectivity index (χ2n) is 3.38. The summed E-state index contributed by atoms with van der Waals surface area (Å²) in [5.41, 5.74) is 6.07. The average molecular weight is 305 g/mol. The molecule has 8 heteroatoms. The van der Waals surface area contributed by atoms with Crippen LogP contribution in [0.1, 0.15) is 5.56 Å². The first kappa shape index (κ1) is 13.8. The number of carbonyl (C=O) groups is 1. The standard InChI is InChI=1S/C9H12AsNO6/c11-8(9(13)17-10(14,15)16)5-6-1-3-7(12)4-2-6/h1-4,8,12H,5,11H2,(H2,14,15,16)/t8-/m0/s1. The fourth-order valence-electron chi connectivity index (χ4n) is 1.15. The Balaban J connectivity index is 2.60. The summed E-state index contributed by atoms with van der Waals surface area (Å²) in [6.45, 7) is 0. The molecule has 0 radical (unpaired) electrons. The van der Waals surface area contributed by atoms with E-state index < -0.39 is 26.5 Å². The number of nitrogens with two attached hydrogens (primary N) is 1. The number of hydrogen-bond acceptors (Lipinski definition) is 5. The predicted octanol–water partition coefficient (Wildman–Crippen LogP) is -1.34. The van der Waals surface area contributed by atoms with Gasteiger partial charge in [-0.3, -0.25) is 0 Å². The molecule has 1 aromatic rings. The number of benzene rings is 1. The van der Waals surface area contributed by atoms with Crippen molar-refractivity contribution in [3.05, 3.63) is 29.8 Å². The van der Waals surface area contributed by atoms with Crippen LogP contribution in [0, 0.1) is 0 Å². The van der Waals surface area contributed by atoms with Gasteiger partial charge in [-0.25, -0.2) is 0 Å². The molecule has 0 saturated heterocycles. The van der Waals surface area contributed by atoms with E-state index >= 15 is 0 Å². The van der Waals surface area contributed by atoms with Crippen molar-refractivity contribution in [3.63, 3.8) is 0 Å². The zero-order valence-electron chi connectivity index (χ0n) is 8.68. The second kappa shape index (κ2) is 5.37. The molecule has 1 rings (SSSR count). The van der Waals surface area contributed by atoms with Gasteiger partial charge in [0.2, 0.25) is 0 Å². The predicted molar refractivity (Wildman–Crippen MR) is 56.8 cm³/mol. The van der Waals surface area contributed by atoms with Crippen LogP contribution in [0.2, 0.25) is 0 Å². The Bertz CT molecular complexity index is 439. The third kappa shape index (κ3) is 5.05. The molecule has 0 aliphatic heterocycles. The minimum atomic E-state index is -5.45. The molecule has 1 atom stereocenters. The molecular weight excluding hydrogens is 293 g/mol. The maximum absolute atomic E-state index is 11.2. The van der Waals surface area contributed by atoms with Crippen LogP contribution in [0.15, 0.2) is 24.3 Å². The summed E-state index contributed by atoms with van der Waals surface area (Å²) in [6.07, 6.45) is 0.0644. The van der Waals surface area contributed by atoms with E-state index in [4.69, 9.17) is 19.0 Å². The summed E-state index contributed by atoms with van der Waals surface area (Å²) in [5.74, 6) is -1.08. The fraction of sp³-hybridized carbons (Fsp3) is 0.222. The van der Waals surface area contributed by atoms with E-state index in [9.17, 15) is 8.53 Å². The Morgan fingerprint density at radius 2 is 1.88 bits per heavy atom. The molecule has 0 amide bonds. The molecule has 17 heavy (non-hydrogen) atoms. The van der Waals surface area contributed by atoms with Crippen LogP contribution in [0.3, 0.4) is 0 Å². The summed E-state index contributed by atoms with van der Waals surface area (Å²) in [6, 6.07) is 4.77. The molecule has 0 aliphatic rings. The van der Waals surface area contributed by atoms with Gasteiger partial charge < -0.3 is 0 Å². The molecule has 0 fully saturated rings. The number of hydrogen-bond donors (Lipinski definition) is 4. The maximum atomic E-state index is 11.2. The molecule has 5 N–H and O–H groups in total. The van der Waals surface area contributed by atoms with Gasteiger partial charge in [0, 0.05) is 0 Å². The van der Waals surface area contributed by atoms with E-state index in [1.165, 1.54) is 12.1 Å². The Labute approximate surface area is 100 Å². The van der Waals surface area contributed by atoms with E-state index in [-0.39, 0.29) is 12.2 Å². The molecule has 0 aromatic heterocycles. The normalized spacial score (nSPS) is 13.1. The van der Waals surface area contributed by atoms with Crippen molar-refractivity contribution < 1.29 is 25.6 Å². The quantitative estimate of drug-likeness (QED) is 0.506. The number of phenolic OH excluding ortho intramolecular Hbond substituents is 1. The van der Waals surface area contributed by atoms with Crippen LogP contribution in [-0.2, 0) is 18.7 Å². The van der Waals surface area contributed by atoms with Crippen molar-refractivity contribution in [3.8, 4) is 5.75 Å². The van der Waals surface area contributed by atoms with Crippen molar-refractivity contribution in [1.29, 1.82) is 0 Å². The van der Waals surface area contributed by atoms with Crippen LogP contribution in [0.5, 0.6) is 5.75 Å². The monoisotopic (exact) mass is 305 g/mol. The zero-order chi connectivity index (χ0) is 13.1. The van der Waals surface area contributed by atoms with Crippen molar-refractivity contribution in [1.82, 2.24) is 0 Å². The number of aromatic hydroxyl groups is 1. The first-order valence-corrected chi connectivity index (χ1v) is 7.81. The zero-order valence-corrected chi connectivity index (χ0v) is 10.6. The van der Waals surface area contributed by atoms with Gasteiger partial charge in [0.25, 0.3) is 0 Å². The van der Waals surface area contributed by atoms with E-state index in [1.54, 1.807) is 12.1 Å². The topological polar surface area (TPSA) is 130 Å². The molecule has 0 saturated carbocycles. The van der Waals surface area contributed by atoms with Gasteiger partial charge in [0.1, 0.15) is 0 Å². The first-order valence-electron chi connectivity index (χ1n) is 4.60. The molecular formula is C9H12AsNO6. The summed E-state index contributed by atoms with van der Waals surface area (Å²) in [4.78, 5) is 11.2. The molecule has 0 heterocycles. The van der Waals surface area contributed by atoms with Crippen molar-refractivity contribution in [2.24, 2.45) is 5.73 Å². The van der Waals surface area contributed by atoms with E-state index in [1.807, 2.05) is 0 Å². The summed E-state index contributed by atoms with van der Waals surface area (Å²) < 4.78 is 31.3. The van der Waals surface area contributed by atoms with E-state index in [0.717, 1.165) is 0 Å². The minimum absolute atomic E-state index is 0.0644. The Morgan fingerprint density at radius 3 is 2.35 bits per heavy atom. The van der Waals surface area contributed by atoms with E-state index in [2.05, 4.69) is 3.73 Å². The Hall–Kier alpha value is -1.27. The third-order valence-electron chi connectivity index (χ3n) is 1.90. The number of rotatable bonds is 4. The molecule has 0 unspecified atom stereocenters. The average Bonchev–Trinajstić information content (AvgIpc) is 2.19. The first-order chi connectivity index (χ1) is 7.78.